The number of hydrogen-bond acceptors (Lipinski definition) is 6. The molecule has 0 fully saturated rings. The highest BCUT2D eigenvalue weighted by Gasteiger charge is 2.17. The number of ether oxygens (including phenoxy) is 1. The van der Waals surface area contributed by atoms with Gasteiger partial charge in [0.15, 0.2) is 5.82 Å². The van der Waals surface area contributed by atoms with Crippen LogP contribution in [0.15, 0.2) is 77.7 Å². The molecule has 0 atom stereocenters. The van der Waals surface area contributed by atoms with E-state index in [9.17, 15) is 4.79 Å². The normalized spacial score (nSPS) is 11.9. The number of benzene rings is 3. The van der Waals surface area contributed by atoms with Crippen molar-refractivity contribution in [3.8, 4) is 34.1 Å². The van der Waals surface area contributed by atoms with Gasteiger partial charge < -0.3 is 4.74 Å². The van der Waals surface area contributed by atoms with Crippen molar-refractivity contribution in [1.29, 1.82) is 0 Å². The van der Waals surface area contributed by atoms with Crippen LogP contribution in [-0.4, -0.2) is 31.0 Å². The first-order valence-corrected chi connectivity index (χ1v) is 14.2. The summed E-state index contributed by atoms with van der Waals surface area (Å²) in [6.45, 7) is 4.77. The smallest absolute Gasteiger partial charge is 0.291 e. The summed E-state index contributed by atoms with van der Waals surface area (Å²) in [7, 11) is 0. The lowest BCUT2D eigenvalue weighted by Crippen LogP contribution is -2.23. The second kappa shape index (κ2) is 10.9. The number of thiazole rings is 1. The predicted octanol–water partition coefficient (Wildman–Crippen LogP) is 6.62. The molecule has 0 saturated carbocycles. The maximum absolute atomic E-state index is 13.4. The Morgan fingerprint density at radius 1 is 1.00 bits per heavy atom. The minimum atomic E-state index is -0.262. The summed E-state index contributed by atoms with van der Waals surface area (Å²) >= 11 is 13.6. The Kier molecular flexibility index (Phi) is 7.14. The number of aromatic nitrogens is 5. The highest BCUT2D eigenvalue weighted by molar-refractivity contribution is 7.15. The maximum Gasteiger partial charge on any atom is 0.291 e. The van der Waals surface area contributed by atoms with Crippen molar-refractivity contribution in [2.75, 3.05) is 6.61 Å². The molecule has 6 aromatic rings. The molecule has 0 aliphatic rings. The summed E-state index contributed by atoms with van der Waals surface area (Å²) < 4.78 is 9.45. The quantitative estimate of drug-likeness (QED) is 0.210. The Hall–Kier alpha value is -3.98. The lowest BCUT2D eigenvalue weighted by Gasteiger charge is -2.09. The fourth-order valence-corrected chi connectivity index (χ4v) is 5.78. The van der Waals surface area contributed by atoms with Gasteiger partial charge in [0.05, 0.1) is 21.8 Å². The molecule has 0 bridgehead atoms. The second-order valence-corrected chi connectivity index (χ2v) is 11.1. The molecular formula is C30H23Cl2N5O2S. The van der Waals surface area contributed by atoms with Crippen LogP contribution in [0.4, 0.5) is 0 Å². The Balaban J connectivity index is 1.46. The minimum Gasteiger partial charge on any atom is -0.494 e. The zero-order chi connectivity index (χ0) is 27.8. The van der Waals surface area contributed by atoms with E-state index < -0.39 is 0 Å². The molecule has 40 heavy (non-hydrogen) atoms. The summed E-state index contributed by atoms with van der Waals surface area (Å²) in [6.07, 6.45) is 4.72. The monoisotopic (exact) mass is 587 g/mol. The van der Waals surface area contributed by atoms with E-state index in [1.807, 2.05) is 72.4 Å². The number of hydrogen-bond donors (Lipinski definition) is 0. The Bertz CT molecular complexity index is 1960. The SMILES string of the molecule is CCCOc1ccc(-c2nn(-c3ccccc3)cc2/C=c2\sc3nc(-c4ccc(Cl)cc4Cl)nn3c2=O)c(C)c1. The zero-order valence-electron chi connectivity index (χ0n) is 21.6. The topological polar surface area (TPSA) is 74.3 Å². The van der Waals surface area contributed by atoms with Crippen molar-refractivity contribution in [3.63, 3.8) is 0 Å². The van der Waals surface area contributed by atoms with Gasteiger partial charge in [0.2, 0.25) is 4.96 Å². The third kappa shape index (κ3) is 5.01. The van der Waals surface area contributed by atoms with E-state index in [2.05, 4.69) is 17.0 Å². The average molecular weight is 589 g/mol. The van der Waals surface area contributed by atoms with Crippen LogP contribution in [0.5, 0.6) is 5.75 Å². The first-order chi connectivity index (χ1) is 19.4. The van der Waals surface area contributed by atoms with Crippen LogP contribution in [-0.2, 0) is 0 Å². The highest BCUT2D eigenvalue weighted by Crippen LogP contribution is 2.31. The van der Waals surface area contributed by atoms with E-state index in [-0.39, 0.29) is 5.56 Å². The molecule has 10 heteroatoms. The van der Waals surface area contributed by atoms with E-state index in [4.69, 9.17) is 33.0 Å². The van der Waals surface area contributed by atoms with Crippen LogP contribution in [0, 0.1) is 6.92 Å². The molecule has 3 aromatic heterocycles. The fraction of sp³-hybridized carbons (Fsp3) is 0.133. The number of nitrogens with zero attached hydrogens (tertiary/aromatic N) is 5. The maximum atomic E-state index is 13.4. The van der Waals surface area contributed by atoms with Crippen molar-refractivity contribution < 1.29 is 4.74 Å². The Labute approximate surface area is 243 Å². The van der Waals surface area contributed by atoms with Gasteiger partial charge in [-0.1, -0.05) is 59.7 Å². The molecule has 0 aliphatic heterocycles. The molecule has 200 valence electrons. The van der Waals surface area contributed by atoms with Gasteiger partial charge in [-0.15, -0.1) is 5.10 Å². The van der Waals surface area contributed by atoms with Crippen LogP contribution in [0.2, 0.25) is 10.0 Å². The number of halogens is 2. The van der Waals surface area contributed by atoms with Gasteiger partial charge in [-0.3, -0.25) is 4.79 Å². The van der Waals surface area contributed by atoms with E-state index in [1.165, 1.54) is 15.9 Å². The van der Waals surface area contributed by atoms with E-state index in [0.29, 0.717) is 37.5 Å². The van der Waals surface area contributed by atoms with E-state index in [1.54, 1.807) is 18.2 Å². The van der Waals surface area contributed by atoms with Gasteiger partial charge in [-0.2, -0.15) is 14.6 Å². The summed E-state index contributed by atoms with van der Waals surface area (Å²) in [5, 5.41) is 10.3. The minimum absolute atomic E-state index is 0.262. The fourth-order valence-electron chi connectivity index (χ4n) is 4.39. The van der Waals surface area contributed by atoms with Crippen LogP contribution in [0.25, 0.3) is 39.4 Å². The lowest BCUT2D eigenvalue weighted by atomic mass is 10.0. The lowest BCUT2D eigenvalue weighted by molar-refractivity contribution is 0.317. The van der Waals surface area contributed by atoms with Crippen molar-refractivity contribution in [2.24, 2.45) is 0 Å². The third-order valence-corrected chi connectivity index (χ3v) is 7.84. The number of rotatable bonds is 7. The summed E-state index contributed by atoms with van der Waals surface area (Å²) in [6, 6.07) is 20.9. The highest BCUT2D eigenvalue weighted by atomic mass is 35.5. The number of para-hydroxylation sites is 1. The van der Waals surface area contributed by atoms with Crippen LogP contribution in [0.1, 0.15) is 24.5 Å². The van der Waals surface area contributed by atoms with Gasteiger partial charge >= 0.3 is 0 Å². The Morgan fingerprint density at radius 2 is 1.80 bits per heavy atom. The molecule has 0 aliphatic carbocycles. The first-order valence-electron chi connectivity index (χ1n) is 12.7. The van der Waals surface area contributed by atoms with E-state index >= 15 is 0 Å². The third-order valence-electron chi connectivity index (χ3n) is 6.33. The van der Waals surface area contributed by atoms with Crippen LogP contribution in [0.3, 0.4) is 0 Å². The predicted molar refractivity (Wildman–Crippen MR) is 161 cm³/mol. The number of aryl methyl sites for hydroxylation is 1. The van der Waals surface area contributed by atoms with Gasteiger partial charge in [0.1, 0.15) is 11.4 Å². The largest absolute Gasteiger partial charge is 0.494 e. The summed E-state index contributed by atoms with van der Waals surface area (Å²) in [5.41, 5.74) is 4.81. The number of fused-ring (bicyclic) bond motifs is 1. The molecule has 0 radical (unpaired) electrons. The molecule has 0 amide bonds. The molecule has 0 N–H and O–H groups in total. The summed E-state index contributed by atoms with van der Waals surface area (Å²) in [4.78, 5) is 18.4. The molecule has 0 spiro atoms. The summed E-state index contributed by atoms with van der Waals surface area (Å²) in [5.74, 6) is 1.19. The molecule has 6 rings (SSSR count). The standard InChI is InChI=1S/C30H23Cl2N5O2S/c1-3-13-39-22-10-12-23(18(2)14-22)27-19(17-36(34-27)21-7-5-4-6-8-21)15-26-29(38)37-30(40-26)33-28(35-37)24-11-9-20(31)16-25(24)32/h4-12,14-17H,3,13H2,1-2H3/b26-15-. The van der Waals surface area contributed by atoms with Crippen LogP contribution >= 0.6 is 34.5 Å². The first kappa shape index (κ1) is 26.3. The second-order valence-electron chi connectivity index (χ2n) is 9.21. The molecule has 3 aromatic carbocycles. The van der Waals surface area contributed by atoms with Crippen LogP contribution < -0.4 is 14.8 Å². The van der Waals surface area contributed by atoms with Gasteiger partial charge in [0, 0.05) is 27.9 Å². The van der Waals surface area contributed by atoms with E-state index in [0.717, 1.165) is 40.2 Å². The molecule has 0 unspecified atom stereocenters. The Morgan fingerprint density at radius 3 is 2.52 bits per heavy atom. The van der Waals surface area contributed by atoms with Crippen molar-refractivity contribution in [1.82, 2.24) is 24.4 Å². The zero-order valence-corrected chi connectivity index (χ0v) is 24.0. The van der Waals surface area contributed by atoms with Gasteiger partial charge in [-0.25, -0.2) is 4.68 Å². The van der Waals surface area contributed by atoms with Crippen molar-refractivity contribution in [2.45, 2.75) is 20.3 Å². The van der Waals surface area contributed by atoms with Gasteiger partial charge in [-0.05, 0) is 73.5 Å². The van der Waals surface area contributed by atoms with Gasteiger partial charge in [0.25, 0.3) is 5.56 Å². The van der Waals surface area contributed by atoms with Crippen molar-refractivity contribution in [3.05, 3.63) is 109 Å². The molecule has 3 heterocycles. The van der Waals surface area contributed by atoms with Crippen molar-refractivity contribution >= 4 is 45.6 Å². The average Bonchev–Trinajstić information content (AvgIpc) is 3.63. The molecule has 7 nitrogen and oxygen atoms in total. The molecular weight excluding hydrogens is 565 g/mol. The molecule has 0 saturated heterocycles.